The second-order valence-corrected chi connectivity index (χ2v) is 7.43. The molecule has 4 nitrogen and oxygen atoms in total. The van der Waals surface area contributed by atoms with Crippen LogP contribution in [0, 0.1) is 0 Å². The van der Waals surface area contributed by atoms with Crippen LogP contribution >= 0.6 is 0 Å². The molecular formula is C21H26N2O2. The lowest BCUT2D eigenvalue weighted by Gasteiger charge is -2.34. The number of hydrogen-bond donors (Lipinski definition) is 1. The van der Waals surface area contributed by atoms with Crippen molar-refractivity contribution in [3.63, 3.8) is 0 Å². The number of carbonyl (C=O) groups excluding carboxylic acids is 1. The van der Waals surface area contributed by atoms with Crippen LogP contribution in [0.25, 0.3) is 0 Å². The van der Waals surface area contributed by atoms with Gasteiger partial charge in [-0.05, 0) is 50.9 Å². The molecule has 0 fully saturated rings. The van der Waals surface area contributed by atoms with Crippen molar-refractivity contribution in [2.75, 3.05) is 0 Å². The third-order valence-electron chi connectivity index (χ3n) is 4.24. The minimum atomic E-state index is -0.528. The van der Waals surface area contributed by atoms with E-state index in [1.165, 1.54) is 0 Å². The predicted octanol–water partition coefficient (Wildman–Crippen LogP) is 4.68. The van der Waals surface area contributed by atoms with Gasteiger partial charge in [0.25, 0.3) is 0 Å². The molecule has 0 radical (unpaired) electrons. The monoisotopic (exact) mass is 338 g/mol. The van der Waals surface area contributed by atoms with Gasteiger partial charge in [0.05, 0.1) is 12.1 Å². The highest BCUT2D eigenvalue weighted by Gasteiger charge is 2.30. The van der Waals surface area contributed by atoms with E-state index in [0.717, 1.165) is 24.0 Å². The molecule has 1 aromatic carbocycles. The Morgan fingerprint density at radius 1 is 1.24 bits per heavy atom. The molecule has 3 rings (SSSR count). The molecule has 2 aliphatic heterocycles. The van der Waals surface area contributed by atoms with Crippen LogP contribution < -0.4 is 5.32 Å². The molecular weight excluding hydrogens is 312 g/mol. The summed E-state index contributed by atoms with van der Waals surface area (Å²) in [5, 5.41) is 3.37. The van der Waals surface area contributed by atoms with Gasteiger partial charge in [-0.1, -0.05) is 48.6 Å². The number of allylic oxidation sites excluding steroid dienone is 1. The molecule has 2 atom stereocenters. The molecule has 0 aromatic heterocycles. The zero-order valence-corrected chi connectivity index (χ0v) is 15.1. The summed E-state index contributed by atoms with van der Waals surface area (Å²) in [5.41, 5.74) is 1.64. The van der Waals surface area contributed by atoms with Gasteiger partial charge in [0.2, 0.25) is 0 Å². The van der Waals surface area contributed by atoms with Crippen LogP contribution in [0.15, 0.2) is 66.5 Å². The van der Waals surface area contributed by atoms with E-state index in [0.29, 0.717) is 0 Å². The number of nitrogens with zero attached hydrogens (tertiary/aromatic N) is 1. The highest BCUT2D eigenvalue weighted by molar-refractivity contribution is 5.71. The van der Waals surface area contributed by atoms with E-state index >= 15 is 0 Å². The number of rotatable bonds is 2. The van der Waals surface area contributed by atoms with Crippen molar-refractivity contribution in [1.82, 2.24) is 10.2 Å². The standard InChI is InChI=1S/C21H26N2O2/c1-21(2,3)25-20(24)23-15-17(18-11-7-8-14-22-18)12-13-19(23)16-9-5-4-6-10-16/h4-6,8-10,12-15,18-19,22H,7,11H2,1-3H3. The summed E-state index contributed by atoms with van der Waals surface area (Å²) in [6.45, 7) is 5.67. The van der Waals surface area contributed by atoms with Crippen LogP contribution in [0.2, 0.25) is 0 Å². The molecule has 0 bridgehead atoms. The van der Waals surface area contributed by atoms with Crippen molar-refractivity contribution in [2.45, 2.75) is 51.3 Å². The van der Waals surface area contributed by atoms with Crippen molar-refractivity contribution in [2.24, 2.45) is 0 Å². The van der Waals surface area contributed by atoms with Crippen LogP contribution in [0.5, 0.6) is 0 Å². The maximum atomic E-state index is 12.8. The molecule has 0 aliphatic carbocycles. The molecule has 1 aromatic rings. The Labute approximate surface area is 149 Å². The van der Waals surface area contributed by atoms with E-state index in [1.54, 1.807) is 4.90 Å². The van der Waals surface area contributed by atoms with Gasteiger partial charge < -0.3 is 10.1 Å². The molecule has 2 heterocycles. The van der Waals surface area contributed by atoms with Crippen molar-refractivity contribution >= 4 is 6.09 Å². The fourth-order valence-corrected chi connectivity index (χ4v) is 3.06. The van der Waals surface area contributed by atoms with Crippen LogP contribution in [0.1, 0.15) is 45.2 Å². The van der Waals surface area contributed by atoms with Gasteiger partial charge in [-0.2, -0.15) is 0 Å². The van der Waals surface area contributed by atoms with Gasteiger partial charge in [0.1, 0.15) is 5.60 Å². The van der Waals surface area contributed by atoms with Gasteiger partial charge in [-0.15, -0.1) is 0 Å². The predicted molar refractivity (Wildman–Crippen MR) is 99.8 cm³/mol. The van der Waals surface area contributed by atoms with Crippen molar-refractivity contribution < 1.29 is 9.53 Å². The zero-order chi connectivity index (χ0) is 17.9. The molecule has 2 aliphatic rings. The van der Waals surface area contributed by atoms with Crippen molar-refractivity contribution in [1.29, 1.82) is 0 Å². The second kappa shape index (κ2) is 7.18. The summed E-state index contributed by atoms with van der Waals surface area (Å²) in [5.74, 6) is 0. The first-order chi connectivity index (χ1) is 11.9. The number of ether oxygens (including phenoxy) is 1. The largest absolute Gasteiger partial charge is 0.443 e. The van der Waals surface area contributed by atoms with Gasteiger partial charge in [-0.3, -0.25) is 4.90 Å². The second-order valence-electron chi connectivity index (χ2n) is 7.43. The van der Waals surface area contributed by atoms with Crippen molar-refractivity contribution in [3.8, 4) is 0 Å². The van der Waals surface area contributed by atoms with Crippen LogP contribution in [0.4, 0.5) is 4.79 Å². The normalized spacial score (nSPS) is 23.0. The molecule has 0 saturated heterocycles. The van der Waals surface area contributed by atoms with Crippen LogP contribution in [-0.2, 0) is 4.74 Å². The minimum absolute atomic E-state index is 0.154. The molecule has 132 valence electrons. The SMILES string of the molecule is CC(C)(C)OC(=O)N1C=C(C2CCC=CN2)C=CC1c1ccccc1. The summed E-state index contributed by atoms with van der Waals surface area (Å²) < 4.78 is 5.64. The summed E-state index contributed by atoms with van der Waals surface area (Å²) >= 11 is 0. The summed E-state index contributed by atoms with van der Waals surface area (Å²) in [6, 6.07) is 10.1. The fraction of sp³-hybridized carbons (Fsp3) is 0.381. The first-order valence-electron chi connectivity index (χ1n) is 8.81. The van der Waals surface area contributed by atoms with Gasteiger partial charge in [0.15, 0.2) is 0 Å². The first-order valence-corrected chi connectivity index (χ1v) is 8.81. The molecule has 0 spiro atoms. The van der Waals surface area contributed by atoms with Crippen molar-refractivity contribution in [3.05, 3.63) is 72.1 Å². The highest BCUT2D eigenvalue weighted by Crippen LogP contribution is 2.31. The topological polar surface area (TPSA) is 41.6 Å². The first kappa shape index (κ1) is 17.3. The van der Waals surface area contributed by atoms with Crippen LogP contribution in [-0.4, -0.2) is 22.6 Å². The average molecular weight is 338 g/mol. The smallest absolute Gasteiger partial charge is 0.415 e. The Balaban J connectivity index is 1.89. The lowest BCUT2D eigenvalue weighted by atomic mass is 9.95. The Bertz CT molecular complexity index is 698. The minimum Gasteiger partial charge on any atom is -0.443 e. The number of benzene rings is 1. The molecule has 0 saturated carbocycles. The lowest BCUT2D eigenvalue weighted by molar-refractivity contribution is 0.0290. The third kappa shape index (κ3) is 4.32. The Morgan fingerprint density at radius 3 is 2.64 bits per heavy atom. The quantitative estimate of drug-likeness (QED) is 0.851. The number of amides is 1. The van der Waals surface area contributed by atoms with E-state index in [1.807, 2.05) is 63.5 Å². The van der Waals surface area contributed by atoms with E-state index in [4.69, 9.17) is 4.74 Å². The zero-order valence-electron chi connectivity index (χ0n) is 15.1. The van der Waals surface area contributed by atoms with E-state index in [9.17, 15) is 4.79 Å². The molecule has 25 heavy (non-hydrogen) atoms. The highest BCUT2D eigenvalue weighted by atomic mass is 16.6. The third-order valence-corrected chi connectivity index (χ3v) is 4.24. The molecule has 1 N–H and O–H groups in total. The van der Waals surface area contributed by atoms with E-state index < -0.39 is 5.60 Å². The average Bonchev–Trinajstić information content (AvgIpc) is 2.61. The number of nitrogens with one attached hydrogen (secondary N) is 1. The van der Waals surface area contributed by atoms with Gasteiger partial charge in [0, 0.05) is 6.20 Å². The Hall–Kier alpha value is -2.49. The number of carbonyl (C=O) groups is 1. The summed E-state index contributed by atoms with van der Waals surface area (Å²) in [7, 11) is 0. The lowest BCUT2D eigenvalue weighted by Crippen LogP contribution is -2.38. The van der Waals surface area contributed by atoms with E-state index in [2.05, 4.69) is 23.5 Å². The maximum absolute atomic E-state index is 12.8. The fourth-order valence-electron chi connectivity index (χ4n) is 3.06. The van der Waals surface area contributed by atoms with Gasteiger partial charge in [-0.25, -0.2) is 4.79 Å². The Morgan fingerprint density at radius 2 is 2.00 bits per heavy atom. The van der Waals surface area contributed by atoms with Crippen LogP contribution in [0.3, 0.4) is 0 Å². The molecule has 2 unspecified atom stereocenters. The molecule has 4 heteroatoms. The summed E-state index contributed by atoms with van der Waals surface area (Å²) in [4.78, 5) is 14.5. The number of hydrogen-bond acceptors (Lipinski definition) is 3. The molecule has 1 amide bonds. The van der Waals surface area contributed by atoms with Gasteiger partial charge >= 0.3 is 6.09 Å². The van der Waals surface area contributed by atoms with E-state index in [-0.39, 0.29) is 18.2 Å². The Kier molecular flexibility index (Phi) is 4.98. The maximum Gasteiger partial charge on any atom is 0.415 e. The summed E-state index contributed by atoms with van der Waals surface area (Å²) in [6.07, 6.45) is 12.0.